The van der Waals surface area contributed by atoms with E-state index in [2.05, 4.69) is 64.2 Å². The molecule has 0 bridgehead atoms. The van der Waals surface area contributed by atoms with Crippen molar-refractivity contribution < 1.29 is 0 Å². The Morgan fingerprint density at radius 2 is 1.89 bits per heavy atom. The molecular weight excluding hydrogens is 218 g/mol. The maximum Gasteiger partial charge on any atom is 0.00439 e. The molecule has 1 atom stereocenters. The normalized spacial score (nSPS) is 13.6. The molecule has 0 fully saturated rings. The van der Waals surface area contributed by atoms with E-state index in [0.29, 0.717) is 11.5 Å². The molecule has 0 aromatic heterocycles. The van der Waals surface area contributed by atoms with Gasteiger partial charge in [-0.1, -0.05) is 45.0 Å². The highest BCUT2D eigenvalue weighted by Gasteiger charge is 2.21. The molecule has 1 heteroatoms. The monoisotopic (exact) mass is 247 g/mol. The van der Waals surface area contributed by atoms with E-state index in [-0.39, 0.29) is 0 Å². The van der Waals surface area contributed by atoms with Gasteiger partial charge in [0.25, 0.3) is 0 Å². The van der Waals surface area contributed by atoms with Crippen LogP contribution in [0.4, 0.5) is 0 Å². The van der Waals surface area contributed by atoms with Crippen LogP contribution in [0.2, 0.25) is 0 Å². The highest BCUT2D eigenvalue weighted by molar-refractivity contribution is 5.26. The Hall–Kier alpha value is -0.820. The molecule has 0 radical (unpaired) electrons. The van der Waals surface area contributed by atoms with E-state index in [1.807, 2.05) is 0 Å². The number of rotatable bonds is 7. The van der Waals surface area contributed by atoms with Crippen molar-refractivity contribution in [3.63, 3.8) is 0 Å². The lowest BCUT2D eigenvalue weighted by atomic mass is 9.79. The van der Waals surface area contributed by atoms with Crippen LogP contribution in [0.15, 0.2) is 24.3 Å². The fraction of sp³-hybridized carbons (Fsp3) is 0.647. The fourth-order valence-electron chi connectivity index (χ4n) is 2.69. The standard InChI is InChI=1S/C17H29N/c1-6-11-18-15(3)12-17(4,5)13-16-10-8-7-9-14(16)2/h7-10,15,18H,6,11-13H2,1-5H3. The Kier molecular flexibility index (Phi) is 5.87. The molecule has 0 aliphatic rings. The largest absolute Gasteiger partial charge is 0.314 e. The molecule has 0 saturated heterocycles. The molecule has 0 aliphatic carbocycles. The molecule has 1 nitrogen and oxygen atoms in total. The maximum absolute atomic E-state index is 3.59. The van der Waals surface area contributed by atoms with Crippen molar-refractivity contribution in [2.45, 2.75) is 59.9 Å². The summed E-state index contributed by atoms with van der Waals surface area (Å²) in [5.74, 6) is 0. The maximum atomic E-state index is 3.59. The Morgan fingerprint density at radius 1 is 1.22 bits per heavy atom. The van der Waals surface area contributed by atoms with Crippen molar-refractivity contribution in [3.05, 3.63) is 35.4 Å². The minimum Gasteiger partial charge on any atom is -0.314 e. The first kappa shape index (κ1) is 15.2. The van der Waals surface area contributed by atoms with E-state index in [9.17, 15) is 0 Å². The summed E-state index contributed by atoms with van der Waals surface area (Å²) in [7, 11) is 0. The van der Waals surface area contributed by atoms with Crippen LogP contribution in [-0.4, -0.2) is 12.6 Å². The average Bonchev–Trinajstić information content (AvgIpc) is 2.28. The lowest BCUT2D eigenvalue weighted by Crippen LogP contribution is -2.32. The number of hydrogen-bond acceptors (Lipinski definition) is 1. The summed E-state index contributed by atoms with van der Waals surface area (Å²) in [6.07, 6.45) is 3.60. The number of benzene rings is 1. The summed E-state index contributed by atoms with van der Waals surface area (Å²) < 4.78 is 0. The third-order valence-corrected chi connectivity index (χ3v) is 3.53. The lowest BCUT2D eigenvalue weighted by Gasteiger charge is -2.29. The van der Waals surface area contributed by atoms with Crippen LogP contribution >= 0.6 is 0 Å². The molecule has 102 valence electrons. The third-order valence-electron chi connectivity index (χ3n) is 3.53. The third kappa shape index (κ3) is 5.22. The predicted molar refractivity (Wildman–Crippen MR) is 81.0 cm³/mol. The number of hydrogen-bond donors (Lipinski definition) is 1. The Bertz CT molecular complexity index is 354. The van der Waals surface area contributed by atoms with Crippen molar-refractivity contribution in [2.75, 3.05) is 6.54 Å². The van der Waals surface area contributed by atoms with E-state index in [1.165, 1.54) is 24.0 Å². The second kappa shape index (κ2) is 6.94. The van der Waals surface area contributed by atoms with E-state index in [0.717, 1.165) is 13.0 Å². The molecule has 1 N–H and O–H groups in total. The summed E-state index contributed by atoms with van der Waals surface area (Å²) in [4.78, 5) is 0. The molecule has 0 heterocycles. The van der Waals surface area contributed by atoms with E-state index in [4.69, 9.17) is 0 Å². The molecule has 0 spiro atoms. The molecule has 1 aromatic carbocycles. The summed E-state index contributed by atoms with van der Waals surface area (Å²) in [5.41, 5.74) is 3.26. The number of aryl methyl sites for hydroxylation is 1. The SMILES string of the molecule is CCCNC(C)CC(C)(C)Cc1ccccc1C. The molecule has 1 aromatic rings. The topological polar surface area (TPSA) is 12.0 Å². The molecule has 1 unspecified atom stereocenters. The number of nitrogens with one attached hydrogen (secondary N) is 1. The van der Waals surface area contributed by atoms with Crippen molar-refractivity contribution in [2.24, 2.45) is 5.41 Å². The highest BCUT2D eigenvalue weighted by atomic mass is 14.9. The van der Waals surface area contributed by atoms with Gasteiger partial charge in [0.05, 0.1) is 0 Å². The zero-order chi connectivity index (χ0) is 13.6. The fourth-order valence-corrected chi connectivity index (χ4v) is 2.69. The van der Waals surface area contributed by atoms with E-state index < -0.39 is 0 Å². The minimum absolute atomic E-state index is 0.353. The van der Waals surface area contributed by atoms with Gasteiger partial charge in [0, 0.05) is 6.04 Å². The van der Waals surface area contributed by atoms with Gasteiger partial charge in [0.2, 0.25) is 0 Å². The smallest absolute Gasteiger partial charge is 0.00439 e. The van der Waals surface area contributed by atoms with Gasteiger partial charge >= 0.3 is 0 Å². The van der Waals surface area contributed by atoms with Gasteiger partial charge in [-0.2, -0.15) is 0 Å². The molecule has 0 amide bonds. The molecule has 18 heavy (non-hydrogen) atoms. The zero-order valence-electron chi connectivity index (χ0n) is 12.7. The van der Waals surface area contributed by atoms with Crippen molar-refractivity contribution in [3.8, 4) is 0 Å². The summed E-state index contributed by atoms with van der Waals surface area (Å²) in [5, 5.41) is 3.59. The summed E-state index contributed by atoms with van der Waals surface area (Å²) in [6, 6.07) is 9.35. The first-order valence-electron chi connectivity index (χ1n) is 7.22. The molecule has 1 rings (SSSR count). The van der Waals surface area contributed by atoms with Crippen LogP contribution in [0.3, 0.4) is 0 Å². The van der Waals surface area contributed by atoms with Crippen LogP contribution in [-0.2, 0) is 6.42 Å². The Balaban J connectivity index is 2.56. The van der Waals surface area contributed by atoms with Crippen LogP contribution < -0.4 is 5.32 Å². The van der Waals surface area contributed by atoms with Crippen LogP contribution in [0.1, 0.15) is 51.7 Å². The Labute approximate surface area is 113 Å². The second-order valence-corrected chi connectivity index (χ2v) is 6.33. The quantitative estimate of drug-likeness (QED) is 0.755. The predicted octanol–water partition coefficient (Wildman–Crippen LogP) is 4.34. The van der Waals surface area contributed by atoms with Gasteiger partial charge in [-0.3, -0.25) is 0 Å². The van der Waals surface area contributed by atoms with Crippen LogP contribution in [0.5, 0.6) is 0 Å². The van der Waals surface area contributed by atoms with Gasteiger partial charge in [0.15, 0.2) is 0 Å². The van der Waals surface area contributed by atoms with Crippen molar-refractivity contribution >= 4 is 0 Å². The zero-order valence-corrected chi connectivity index (χ0v) is 12.7. The molecule has 0 aliphatic heterocycles. The van der Waals surface area contributed by atoms with Crippen LogP contribution in [0.25, 0.3) is 0 Å². The first-order valence-corrected chi connectivity index (χ1v) is 7.22. The van der Waals surface area contributed by atoms with Gasteiger partial charge in [-0.05, 0) is 56.2 Å². The minimum atomic E-state index is 0.353. The first-order chi connectivity index (χ1) is 8.44. The average molecular weight is 247 g/mol. The van der Waals surface area contributed by atoms with Crippen molar-refractivity contribution in [1.82, 2.24) is 5.32 Å². The van der Waals surface area contributed by atoms with Crippen LogP contribution in [0, 0.1) is 12.3 Å². The summed E-state index contributed by atoms with van der Waals surface area (Å²) >= 11 is 0. The van der Waals surface area contributed by atoms with Gasteiger partial charge in [0.1, 0.15) is 0 Å². The van der Waals surface area contributed by atoms with Gasteiger partial charge in [-0.15, -0.1) is 0 Å². The molecule has 0 saturated carbocycles. The lowest BCUT2D eigenvalue weighted by molar-refractivity contribution is 0.286. The highest BCUT2D eigenvalue weighted by Crippen LogP contribution is 2.28. The Morgan fingerprint density at radius 3 is 2.50 bits per heavy atom. The van der Waals surface area contributed by atoms with E-state index >= 15 is 0 Å². The second-order valence-electron chi connectivity index (χ2n) is 6.33. The summed E-state index contributed by atoms with van der Waals surface area (Å²) in [6.45, 7) is 12.6. The van der Waals surface area contributed by atoms with Gasteiger partial charge in [-0.25, -0.2) is 0 Å². The van der Waals surface area contributed by atoms with E-state index in [1.54, 1.807) is 0 Å². The van der Waals surface area contributed by atoms with Gasteiger partial charge < -0.3 is 5.32 Å². The molecular formula is C17H29N. The van der Waals surface area contributed by atoms with Crippen molar-refractivity contribution in [1.29, 1.82) is 0 Å².